The molecule has 12 heavy (non-hydrogen) atoms. The molecule has 0 amide bonds. The van der Waals surface area contributed by atoms with E-state index in [0.29, 0.717) is 11.1 Å². The van der Waals surface area contributed by atoms with Gasteiger partial charge in [0, 0.05) is 12.3 Å². The van der Waals surface area contributed by atoms with Crippen molar-refractivity contribution in [2.75, 3.05) is 32.1 Å². The van der Waals surface area contributed by atoms with Gasteiger partial charge in [-0.25, -0.2) is 5.10 Å². The van der Waals surface area contributed by atoms with Crippen LogP contribution in [-0.4, -0.2) is 46.5 Å². The minimum absolute atomic E-state index is 0.377. The molecule has 6 heteroatoms. The minimum Gasteiger partial charge on any atom is -0.368 e. The zero-order chi connectivity index (χ0) is 8.97. The molecule has 0 bridgehead atoms. The molecule has 0 saturated carbocycles. The van der Waals surface area contributed by atoms with E-state index in [4.69, 9.17) is 5.73 Å². The Morgan fingerprint density at radius 2 is 2.33 bits per heavy atom. The standard InChI is InChI=1S/C6H13N5S/c1-11(2)3-4-12-6-8-5(7)9-10-6/h3-4H2,1-2H3,(H3,7,8,9,10). The number of rotatable bonds is 4. The highest BCUT2D eigenvalue weighted by atomic mass is 32.2. The maximum atomic E-state index is 5.36. The molecule has 68 valence electrons. The summed E-state index contributed by atoms with van der Waals surface area (Å²) < 4.78 is 0. The Kier molecular flexibility index (Phi) is 3.36. The first-order valence-corrected chi connectivity index (χ1v) is 4.62. The normalized spacial score (nSPS) is 10.9. The largest absolute Gasteiger partial charge is 0.368 e. The van der Waals surface area contributed by atoms with Crippen LogP contribution in [0, 0.1) is 0 Å². The summed E-state index contributed by atoms with van der Waals surface area (Å²) in [4.78, 5) is 6.08. The van der Waals surface area contributed by atoms with E-state index >= 15 is 0 Å². The predicted molar refractivity (Wildman–Crippen MR) is 50.1 cm³/mol. The van der Waals surface area contributed by atoms with Crippen LogP contribution >= 0.6 is 11.8 Å². The average Bonchev–Trinajstić information content (AvgIpc) is 2.35. The lowest BCUT2D eigenvalue weighted by atomic mass is 10.7. The Labute approximate surface area is 75.7 Å². The topological polar surface area (TPSA) is 70.8 Å². The van der Waals surface area contributed by atoms with Crippen LogP contribution in [0.4, 0.5) is 5.95 Å². The second kappa shape index (κ2) is 4.32. The summed E-state index contributed by atoms with van der Waals surface area (Å²) in [6.45, 7) is 1.01. The number of nitrogens with two attached hydrogens (primary N) is 1. The molecule has 3 N–H and O–H groups in total. The molecule has 1 rings (SSSR count). The number of thioether (sulfide) groups is 1. The lowest BCUT2D eigenvalue weighted by Crippen LogP contribution is -2.14. The summed E-state index contributed by atoms with van der Waals surface area (Å²) in [7, 11) is 4.07. The van der Waals surface area contributed by atoms with E-state index in [1.807, 2.05) is 14.1 Å². The van der Waals surface area contributed by atoms with Gasteiger partial charge >= 0.3 is 0 Å². The van der Waals surface area contributed by atoms with Gasteiger partial charge in [-0.15, -0.1) is 5.10 Å². The molecule has 0 saturated heterocycles. The zero-order valence-electron chi connectivity index (χ0n) is 7.24. The van der Waals surface area contributed by atoms with Gasteiger partial charge in [-0.1, -0.05) is 11.8 Å². The fraction of sp³-hybridized carbons (Fsp3) is 0.667. The zero-order valence-corrected chi connectivity index (χ0v) is 8.06. The second-order valence-electron chi connectivity index (χ2n) is 2.65. The smallest absolute Gasteiger partial charge is 0.216 e. The maximum Gasteiger partial charge on any atom is 0.216 e. The first kappa shape index (κ1) is 9.34. The van der Waals surface area contributed by atoms with Gasteiger partial charge in [0.2, 0.25) is 11.1 Å². The second-order valence-corrected chi connectivity index (χ2v) is 3.72. The van der Waals surface area contributed by atoms with E-state index < -0.39 is 0 Å². The maximum absolute atomic E-state index is 5.36. The molecule has 5 nitrogen and oxygen atoms in total. The number of aromatic nitrogens is 3. The van der Waals surface area contributed by atoms with Crippen molar-refractivity contribution in [3.05, 3.63) is 0 Å². The van der Waals surface area contributed by atoms with Gasteiger partial charge in [0.15, 0.2) is 0 Å². The van der Waals surface area contributed by atoms with E-state index in [9.17, 15) is 0 Å². The van der Waals surface area contributed by atoms with Gasteiger partial charge in [0.25, 0.3) is 0 Å². The number of aromatic amines is 1. The summed E-state index contributed by atoms with van der Waals surface area (Å²) in [5.41, 5.74) is 5.36. The highest BCUT2D eigenvalue weighted by Crippen LogP contribution is 2.11. The van der Waals surface area contributed by atoms with Crippen LogP contribution < -0.4 is 5.73 Å². The van der Waals surface area contributed by atoms with E-state index in [2.05, 4.69) is 20.1 Å². The van der Waals surface area contributed by atoms with Crippen LogP contribution in [0.2, 0.25) is 0 Å². The lowest BCUT2D eigenvalue weighted by molar-refractivity contribution is 0.437. The SMILES string of the molecule is CN(C)CCSc1n[nH]c(N)n1. The van der Waals surface area contributed by atoms with Gasteiger partial charge < -0.3 is 10.6 Å². The van der Waals surface area contributed by atoms with Crippen molar-refractivity contribution in [2.45, 2.75) is 5.16 Å². The number of nitrogen functional groups attached to an aromatic ring is 1. The van der Waals surface area contributed by atoms with Crippen LogP contribution in [0.5, 0.6) is 0 Å². The van der Waals surface area contributed by atoms with Crippen molar-refractivity contribution in [3.8, 4) is 0 Å². The number of nitrogens with zero attached hydrogens (tertiary/aromatic N) is 3. The third-order valence-corrected chi connectivity index (χ3v) is 2.08. The van der Waals surface area contributed by atoms with Gasteiger partial charge in [-0.05, 0) is 14.1 Å². The van der Waals surface area contributed by atoms with Crippen molar-refractivity contribution in [1.82, 2.24) is 20.1 Å². The Balaban J connectivity index is 2.24. The summed E-state index contributed by atoms with van der Waals surface area (Å²) in [6, 6.07) is 0. The summed E-state index contributed by atoms with van der Waals surface area (Å²) in [6.07, 6.45) is 0. The van der Waals surface area contributed by atoms with Crippen LogP contribution in [0.1, 0.15) is 0 Å². The number of hydrogen-bond acceptors (Lipinski definition) is 5. The van der Waals surface area contributed by atoms with E-state index in [1.165, 1.54) is 0 Å². The molecule has 0 radical (unpaired) electrons. The molecule has 0 fully saturated rings. The summed E-state index contributed by atoms with van der Waals surface area (Å²) in [5, 5.41) is 7.20. The van der Waals surface area contributed by atoms with Gasteiger partial charge in [-0.3, -0.25) is 0 Å². The molecule has 0 atom stereocenters. The van der Waals surface area contributed by atoms with Gasteiger partial charge in [0.1, 0.15) is 0 Å². The molecule has 0 spiro atoms. The molecular formula is C6H13N5S. The Morgan fingerprint density at radius 3 is 2.83 bits per heavy atom. The number of H-pyrrole nitrogens is 1. The van der Waals surface area contributed by atoms with Crippen LogP contribution in [0.25, 0.3) is 0 Å². The molecular weight excluding hydrogens is 174 g/mol. The lowest BCUT2D eigenvalue weighted by Gasteiger charge is -2.06. The molecule has 0 aliphatic heterocycles. The van der Waals surface area contributed by atoms with Crippen molar-refractivity contribution < 1.29 is 0 Å². The number of hydrogen-bond donors (Lipinski definition) is 2. The van der Waals surface area contributed by atoms with Crippen LogP contribution in [-0.2, 0) is 0 Å². The molecule has 0 aliphatic rings. The van der Waals surface area contributed by atoms with Gasteiger partial charge in [-0.2, -0.15) is 4.98 Å². The fourth-order valence-electron chi connectivity index (χ4n) is 0.642. The molecule has 0 aliphatic carbocycles. The minimum atomic E-state index is 0.377. The van der Waals surface area contributed by atoms with Crippen molar-refractivity contribution in [2.24, 2.45) is 0 Å². The third-order valence-electron chi connectivity index (χ3n) is 1.25. The van der Waals surface area contributed by atoms with E-state index in [0.717, 1.165) is 12.3 Å². The van der Waals surface area contributed by atoms with Crippen molar-refractivity contribution in [3.63, 3.8) is 0 Å². The Bertz CT molecular complexity index is 234. The molecule has 1 aromatic heterocycles. The number of nitrogens with one attached hydrogen (secondary N) is 1. The Morgan fingerprint density at radius 1 is 1.58 bits per heavy atom. The van der Waals surface area contributed by atoms with E-state index in [1.54, 1.807) is 11.8 Å². The number of anilines is 1. The summed E-state index contributed by atoms with van der Waals surface area (Å²) >= 11 is 1.59. The highest BCUT2D eigenvalue weighted by Gasteiger charge is 2.00. The molecule has 1 heterocycles. The first-order valence-electron chi connectivity index (χ1n) is 3.64. The van der Waals surface area contributed by atoms with Gasteiger partial charge in [0.05, 0.1) is 0 Å². The molecule has 0 aromatic carbocycles. The average molecular weight is 187 g/mol. The Hall–Kier alpha value is -0.750. The van der Waals surface area contributed by atoms with E-state index in [-0.39, 0.29) is 0 Å². The molecule has 0 unspecified atom stereocenters. The van der Waals surface area contributed by atoms with Crippen molar-refractivity contribution in [1.29, 1.82) is 0 Å². The summed E-state index contributed by atoms with van der Waals surface area (Å²) in [5.74, 6) is 1.35. The quantitative estimate of drug-likeness (QED) is 0.651. The predicted octanol–water partition coefficient (Wildman–Crippen LogP) is 0.0406. The molecule has 1 aromatic rings. The van der Waals surface area contributed by atoms with Crippen molar-refractivity contribution >= 4 is 17.7 Å². The first-order chi connectivity index (χ1) is 5.68. The van der Waals surface area contributed by atoms with Crippen LogP contribution in [0.3, 0.4) is 0 Å². The fourth-order valence-corrected chi connectivity index (χ4v) is 1.55. The monoisotopic (exact) mass is 187 g/mol. The third kappa shape index (κ3) is 3.10. The van der Waals surface area contributed by atoms with Crippen LogP contribution in [0.15, 0.2) is 5.16 Å². The highest BCUT2D eigenvalue weighted by molar-refractivity contribution is 7.99.